The summed E-state index contributed by atoms with van der Waals surface area (Å²) < 4.78 is 27.6. The number of fused-ring (bicyclic) bond motifs is 3. The lowest BCUT2D eigenvalue weighted by molar-refractivity contribution is -0.385. The van der Waals surface area contributed by atoms with Crippen LogP contribution in [-0.4, -0.2) is 48.7 Å². The zero-order valence-corrected chi connectivity index (χ0v) is 17.5. The molecule has 0 atom stereocenters. The van der Waals surface area contributed by atoms with Crippen molar-refractivity contribution in [1.82, 2.24) is 9.21 Å². The molecular formula is C23H21N3O4S. The summed E-state index contributed by atoms with van der Waals surface area (Å²) in [6.45, 7) is 1.85. The molecule has 31 heavy (non-hydrogen) atoms. The molecule has 1 fully saturated rings. The van der Waals surface area contributed by atoms with E-state index in [1.807, 2.05) is 24.3 Å². The average molecular weight is 436 g/mol. The number of rotatable bonds is 4. The van der Waals surface area contributed by atoms with Crippen molar-refractivity contribution in [2.75, 3.05) is 26.2 Å². The van der Waals surface area contributed by atoms with E-state index < -0.39 is 14.9 Å². The molecule has 1 saturated heterocycles. The predicted octanol–water partition coefficient (Wildman–Crippen LogP) is 3.67. The smallest absolute Gasteiger partial charge is 0.270 e. The molecule has 3 aromatic carbocycles. The Kier molecular flexibility index (Phi) is 4.85. The van der Waals surface area contributed by atoms with E-state index in [9.17, 15) is 18.5 Å². The lowest BCUT2D eigenvalue weighted by Crippen LogP contribution is -2.49. The van der Waals surface area contributed by atoms with Gasteiger partial charge in [-0.2, -0.15) is 4.31 Å². The lowest BCUT2D eigenvalue weighted by atomic mass is 10.0. The van der Waals surface area contributed by atoms with Crippen LogP contribution in [0.2, 0.25) is 0 Å². The van der Waals surface area contributed by atoms with E-state index in [1.165, 1.54) is 44.8 Å². The van der Waals surface area contributed by atoms with Crippen molar-refractivity contribution in [3.8, 4) is 11.1 Å². The first-order valence-corrected chi connectivity index (χ1v) is 11.6. The fraction of sp³-hybridized carbons (Fsp3) is 0.217. The molecule has 1 aliphatic heterocycles. The molecule has 0 amide bonds. The molecule has 0 saturated carbocycles. The largest absolute Gasteiger partial charge is 0.290 e. The van der Waals surface area contributed by atoms with Gasteiger partial charge in [-0.05, 0) is 28.3 Å². The molecule has 0 radical (unpaired) electrons. The standard InChI is InChI=1S/C23H21N3O4S/c27-26(28)17-6-5-7-18(16-17)31(29,30)25-14-12-24(13-15-25)23-21-10-3-1-8-19(21)20-9-2-4-11-22(20)23/h1-11,16,23H,12-15H2. The molecule has 0 aromatic heterocycles. The summed E-state index contributed by atoms with van der Waals surface area (Å²) in [7, 11) is -3.78. The SMILES string of the molecule is O=[N+]([O-])c1cccc(S(=O)(=O)N2CCN(C3c4ccccc4-c4ccccc43)CC2)c1. The first kappa shape index (κ1) is 19.9. The minimum Gasteiger partial charge on any atom is -0.290 e. The number of sulfonamides is 1. The van der Waals surface area contributed by atoms with E-state index in [1.54, 1.807) is 0 Å². The Morgan fingerprint density at radius 3 is 1.97 bits per heavy atom. The number of piperazine rings is 1. The first-order chi connectivity index (χ1) is 15.0. The highest BCUT2D eigenvalue weighted by atomic mass is 32.2. The molecule has 8 heteroatoms. The first-order valence-electron chi connectivity index (χ1n) is 10.1. The number of hydrogen-bond acceptors (Lipinski definition) is 5. The number of hydrogen-bond donors (Lipinski definition) is 0. The van der Waals surface area contributed by atoms with Gasteiger partial charge in [-0.15, -0.1) is 0 Å². The van der Waals surface area contributed by atoms with Crippen LogP contribution in [0, 0.1) is 10.1 Å². The van der Waals surface area contributed by atoms with Crippen LogP contribution in [0.25, 0.3) is 11.1 Å². The Morgan fingerprint density at radius 1 is 0.806 bits per heavy atom. The number of non-ortho nitro benzene ring substituents is 1. The van der Waals surface area contributed by atoms with Gasteiger partial charge in [-0.1, -0.05) is 54.6 Å². The predicted molar refractivity (Wildman–Crippen MR) is 117 cm³/mol. The van der Waals surface area contributed by atoms with E-state index >= 15 is 0 Å². The summed E-state index contributed by atoms with van der Waals surface area (Å²) in [4.78, 5) is 12.7. The average Bonchev–Trinajstić information content (AvgIpc) is 3.14. The van der Waals surface area contributed by atoms with Crippen LogP contribution in [0.15, 0.2) is 77.7 Å². The summed E-state index contributed by atoms with van der Waals surface area (Å²) in [5, 5.41) is 11.0. The number of nitrogens with zero attached hydrogens (tertiary/aromatic N) is 3. The molecule has 0 spiro atoms. The van der Waals surface area contributed by atoms with Crippen molar-refractivity contribution in [2.45, 2.75) is 10.9 Å². The normalized spacial score (nSPS) is 17.3. The highest BCUT2D eigenvalue weighted by Gasteiger charge is 2.36. The molecular weight excluding hydrogens is 414 g/mol. The van der Waals surface area contributed by atoms with Gasteiger partial charge in [-0.25, -0.2) is 8.42 Å². The highest BCUT2D eigenvalue weighted by Crippen LogP contribution is 2.46. The van der Waals surface area contributed by atoms with Gasteiger partial charge in [0.2, 0.25) is 10.0 Å². The van der Waals surface area contributed by atoms with Crippen LogP contribution in [0.1, 0.15) is 17.2 Å². The van der Waals surface area contributed by atoms with Gasteiger partial charge in [0.05, 0.1) is 15.9 Å². The maximum atomic E-state index is 13.1. The van der Waals surface area contributed by atoms with Gasteiger partial charge >= 0.3 is 0 Å². The molecule has 158 valence electrons. The van der Waals surface area contributed by atoms with Crippen molar-refractivity contribution >= 4 is 15.7 Å². The molecule has 0 bridgehead atoms. The van der Waals surface area contributed by atoms with E-state index in [2.05, 4.69) is 29.2 Å². The van der Waals surface area contributed by atoms with Gasteiger partial charge in [0.25, 0.3) is 5.69 Å². The summed E-state index contributed by atoms with van der Waals surface area (Å²) in [6.07, 6.45) is 0. The fourth-order valence-electron chi connectivity index (χ4n) is 4.63. The molecule has 7 nitrogen and oxygen atoms in total. The molecule has 2 aliphatic rings. The molecule has 1 heterocycles. The van der Waals surface area contributed by atoms with Crippen molar-refractivity contribution in [1.29, 1.82) is 0 Å². The van der Waals surface area contributed by atoms with Crippen molar-refractivity contribution in [3.05, 3.63) is 94.0 Å². The number of nitro benzene ring substituents is 1. The minimum absolute atomic E-state index is 0.0355. The van der Waals surface area contributed by atoms with Crippen molar-refractivity contribution in [3.63, 3.8) is 0 Å². The zero-order valence-electron chi connectivity index (χ0n) is 16.7. The quantitative estimate of drug-likeness (QED) is 0.461. The molecule has 0 unspecified atom stereocenters. The summed E-state index contributed by atoms with van der Waals surface area (Å²) in [5.74, 6) is 0. The van der Waals surface area contributed by atoms with Crippen LogP contribution in [0.5, 0.6) is 0 Å². The third-order valence-corrected chi connectivity index (χ3v) is 8.00. The van der Waals surface area contributed by atoms with Crippen LogP contribution >= 0.6 is 0 Å². The molecule has 3 aromatic rings. The maximum absolute atomic E-state index is 13.1. The van der Waals surface area contributed by atoms with Crippen LogP contribution in [-0.2, 0) is 10.0 Å². The number of benzene rings is 3. The van der Waals surface area contributed by atoms with Gasteiger partial charge in [-0.3, -0.25) is 15.0 Å². The second kappa shape index (κ2) is 7.56. The molecule has 1 aliphatic carbocycles. The van der Waals surface area contributed by atoms with Gasteiger partial charge in [0.15, 0.2) is 0 Å². The van der Waals surface area contributed by atoms with Gasteiger partial charge in [0, 0.05) is 38.3 Å². The van der Waals surface area contributed by atoms with E-state index in [4.69, 9.17) is 0 Å². The molecule has 0 N–H and O–H groups in total. The summed E-state index contributed by atoms with van der Waals surface area (Å²) >= 11 is 0. The second-order valence-electron chi connectivity index (χ2n) is 7.77. The molecule has 5 rings (SSSR count). The van der Waals surface area contributed by atoms with Crippen LogP contribution in [0.4, 0.5) is 5.69 Å². The second-order valence-corrected chi connectivity index (χ2v) is 9.71. The Morgan fingerprint density at radius 2 is 1.39 bits per heavy atom. The van der Waals surface area contributed by atoms with Crippen molar-refractivity contribution < 1.29 is 13.3 Å². The van der Waals surface area contributed by atoms with Crippen LogP contribution < -0.4 is 0 Å². The Hall–Kier alpha value is -3.07. The van der Waals surface area contributed by atoms with Crippen molar-refractivity contribution in [2.24, 2.45) is 0 Å². The summed E-state index contributed by atoms with van der Waals surface area (Å²) in [6, 6.07) is 22.1. The van der Waals surface area contributed by atoms with E-state index in [0.717, 1.165) is 6.07 Å². The van der Waals surface area contributed by atoms with Crippen LogP contribution in [0.3, 0.4) is 0 Å². The Balaban J connectivity index is 1.39. The fourth-order valence-corrected chi connectivity index (χ4v) is 6.09. The topological polar surface area (TPSA) is 83.8 Å². The maximum Gasteiger partial charge on any atom is 0.270 e. The number of nitro groups is 1. The zero-order chi connectivity index (χ0) is 21.6. The Labute approximate surface area is 180 Å². The lowest BCUT2D eigenvalue weighted by Gasteiger charge is -2.38. The summed E-state index contributed by atoms with van der Waals surface area (Å²) in [5.41, 5.74) is 4.74. The van der Waals surface area contributed by atoms with Gasteiger partial charge < -0.3 is 0 Å². The highest BCUT2D eigenvalue weighted by molar-refractivity contribution is 7.89. The van der Waals surface area contributed by atoms with Gasteiger partial charge in [0.1, 0.15) is 0 Å². The monoisotopic (exact) mass is 435 g/mol. The minimum atomic E-state index is -3.78. The van der Waals surface area contributed by atoms with E-state index in [0.29, 0.717) is 26.2 Å². The third kappa shape index (κ3) is 3.33. The third-order valence-electron chi connectivity index (χ3n) is 6.11. The Bertz CT molecular complexity index is 1220. The van der Waals surface area contributed by atoms with E-state index in [-0.39, 0.29) is 16.6 Å².